The van der Waals surface area contributed by atoms with Crippen molar-refractivity contribution < 1.29 is 9.59 Å². The van der Waals surface area contributed by atoms with Gasteiger partial charge in [-0.3, -0.25) is 9.59 Å². The molecule has 200 valence electrons. The molecule has 0 spiro atoms. The van der Waals surface area contributed by atoms with E-state index >= 15 is 0 Å². The highest BCUT2D eigenvalue weighted by Crippen LogP contribution is 2.30. The number of aromatic amines is 4. The molecule has 1 atom stereocenters. The van der Waals surface area contributed by atoms with Crippen LogP contribution in [0.4, 0.5) is 11.9 Å². The molecular formula is C22H22Br4N10O2. The summed E-state index contributed by atoms with van der Waals surface area (Å²) in [5.74, 6) is -0.318. The summed E-state index contributed by atoms with van der Waals surface area (Å²) in [7, 11) is 0. The average Bonchev–Trinajstić information content (AvgIpc) is 3.61. The summed E-state index contributed by atoms with van der Waals surface area (Å²) in [5, 5.41) is 5.73. The van der Waals surface area contributed by atoms with Crippen LogP contribution in [0.15, 0.2) is 42.6 Å². The molecule has 2 amide bonds. The fourth-order valence-electron chi connectivity index (χ4n) is 3.75. The van der Waals surface area contributed by atoms with Crippen LogP contribution in [0.25, 0.3) is 6.08 Å². The SMILES string of the molecule is Nc1ncc([C@@H](CCNC(=O)c2[nH]c(Br)cc2Br)c2[nH]c(N)nc2/C=C/CNC(=O)c2[nH]c(Br)cc2Br)[nH]1. The maximum atomic E-state index is 12.6. The van der Waals surface area contributed by atoms with Crippen molar-refractivity contribution in [2.45, 2.75) is 12.3 Å². The zero-order chi connectivity index (χ0) is 27.4. The number of hydrogen-bond acceptors (Lipinski definition) is 6. The molecule has 4 heterocycles. The van der Waals surface area contributed by atoms with Crippen molar-refractivity contribution in [3.05, 3.63) is 71.0 Å². The third-order valence-corrected chi connectivity index (χ3v) is 7.53. The van der Waals surface area contributed by atoms with E-state index in [4.69, 9.17) is 11.5 Å². The van der Waals surface area contributed by atoms with E-state index in [0.29, 0.717) is 53.9 Å². The molecule has 16 heteroatoms. The van der Waals surface area contributed by atoms with Gasteiger partial charge >= 0.3 is 0 Å². The number of hydrogen-bond donors (Lipinski definition) is 8. The van der Waals surface area contributed by atoms with Gasteiger partial charge in [0.25, 0.3) is 11.8 Å². The fraction of sp³-hybridized carbons (Fsp3) is 0.182. The van der Waals surface area contributed by atoms with Crippen LogP contribution in [0.1, 0.15) is 50.4 Å². The van der Waals surface area contributed by atoms with Crippen LogP contribution in [-0.4, -0.2) is 54.8 Å². The lowest BCUT2D eigenvalue weighted by Gasteiger charge is -2.15. The second-order valence-electron chi connectivity index (χ2n) is 8.03. The Morgan fingerprint density at radius 1 is 0.921 bits per heavy atom. The van der Waals surface area contributed by atoms with Crippen molar-refractivity contribution >= 4 is 93.5 Å². The second-order valence-corrected chi connectivity index (χ2v) is 11.5. The van der Waals surface area contributed by atoms with Gasteiger partial charge in [-0.2, -0.15) is 0 Å². The first-order valence-corrected chi connectivity index (χ1v) is 14.3. The zero-order valence-corrected chi connectivity index (χ0v) is 25.8. The number of amides is 2. The van der Waals surface area contributed by atoms with E-state index in [1.54, 1.807) is 30.5 Å². The summed E-state index contributed by atoms with van der Waals surface area (Å²) in [4.78, 5) is 45.6. The van der Waals surface area contributed by atoms with Gasteiger partial charge in [0.1, 0.15) is 11.4 Å². The average molecular weight is 778 g/mol. The topological polar surface area (TPSA) is 199 Å². The summed E-state index contributed by atoms with van der Waals surface area (Å²) >= 11 is 13.3. The molecule has 0 unspecified atom stereocenters. The van der Waals surface area contributed by atoms with E-state index in [1.807, 2.05) is 0 Å². The highest BCUT2D eigenvalue weighted by Gasteiger charge is 2.23. The molecule has 0 saturated heterocycles. The quantitative estimate of drug-likeness (QED) is 0.117. The number of rotatable bonds is 10. The number of halogens is 4. The van der Waals surface area contributed by atoms with E-state index < -0.39 is 0 Å². The van der Waals surface area contributed by atoms with E-state index in [1.165, 1.54) is 0 Å². The molecule has 4 rings (SSSR count). The van der Waals surface area contributed by atoms with E-state index in [2.05, 4.69) is 104 Å². The second kappa shape index (κ2) is 12.4. The fourth-order valence-corrected chi connectivity index (χ4v) is 6.24. The normalized spacial score (nSPS) is 12.2. The Bertz CT molecular complexity index is 1480. The minimum absolute atomic E-state index is 0.227. The van der Waals surface area contributed by atoms with Crippen molar-refractivity contribution in [2.75, 3.05) is 24.6 Å². The molecule has 0 radical (unpaired) electrons. The highest BCUT2D eigenvalue weighted by atomic mass is 79.9. The van der Waals surface area contributed by atoms with Gasteiger partial charge in [-0.1, -0.05) is 6.08 Å². The number of aromatic nitrogens is 6. The molecule has 38 heavy (non-hydrogen) atoms. The number of H-pyrrole nitrogens is 4. The van der Waals surface area contributed by atoms with Crippen molar-refractivity contribution in [2.24, 2.45) is 0 Å². The smallest absolute Gasteiger partial charge is 0.269 e. The summed E-state index contributed by atoms with van der Waals surface area (Å²) in [5.41, 5.74) is 14.7. The van der Waals surface area contributed by atoms with E-state index in [-0.39, 0.29) is 36.2 Å². The van der Waals surface area contributed by atoms with Gasteiger partial charge in [0.05, 0.1) is 26.8 Å². The molecule has 0 aliphatic heterocycles. The van der Waals surface area contributed by atoms with Crippen LogP contribution in [0, 0.1) is 0 Å². The molecule has 12 nitrogen and oxygen atoms in total. The first-order valence-electron chi connectivity index (χ1n) is 11.1. The first kappa shape index (κ1) is 28.2. The number of nitrogens with zero attached hydrogens (tertiary/aromatic N) is 2. The Kier molecular flexibility index (Phi) is 9.17. The molecule has 0 saturated carbocycles. The summed E-state index contributed by atoms with van der Waals surface area (Å²) < 4.78 is 2.68. The van der Waals surface area contributed by atoms with Crippen molar-refractivity contribution in [1.82, 2.24) is 40.5 Å². The number of anilines is 2. The summed E-state index contributed by atoms with van der Waals surface area (Å²) in [6.07, 6.45) is 5.66. The summed E-state index contributed by atoms with van der Waals surface area (Å²) in [6, 6.07) is 3.51. The van der Waals surface area contributed by atoms with E-state index in [0.717, 1.165) is 5.69 Å². The molecule has 0 fully saturated rings. The van der Waals surface area contributed by atoms with Gasteiger partial charge in [0.2, 0.25) is 0 Å². The minimum Gasteiger partial charge on any atom is -0.369 e. The van der Waals surface area contributed by atoms with Crippen LogP contribution in [0.3, 0.4) is 0 Å². The Morgan fingerprint density at radius 2 is 1.55 bits per heavy atom. The molecular weight excluding hydrogens is 756 g/mol. The predicted octanol–water partition coefficient (Wildman–Crippen LogP) is 4.40. The number of carbonyl (C=O) groups is 2. The molecule has 0 bridgehead atoms. The van der Waals surface area contributed by atoms with Crippen molar-refractivity contribution in [3.8, 4) is 0 Å². The lowest BCUT2D eigenvalue weighted by atomic mass is 9.96. The van der Waals surface area contributed by atoms with Crippen LogP contribution in [0.2, 0.25) is 0 Å². The lowest BCUT2D eigenvalue weighted by molar-refractivity contribution is 0.0941. The Balaban J connectivity index is 1.46. The Hall–Kier alpha value is -2.82. The van der Waals surface area contributed by atoms with Gasteiger partial charge in [-0.15, -0.1) is 0 Å². The zero-order valence-electron chi connectivity index (χ0n) is 19.5. The number of nitrogens with two attached hydrogens (primary N) is 2. The number of nitrogen functional groups attached to an aromatic ring is 2. The monoisotopic (exact) mass is 774 g/mol. The molecule has 0 aliphatic rings. The van der Waals surface area contributed by atoms with Gasteiger partial charge in [-0.05, 0) is 88.3 Å². The molecule has 4 aromatic heterocycles. The maximum Gasteiger partial charge on any atom is 0.269 e. The molecule has 0 aliphatic carbocycles. The molecule has 4 aromatic rings. The third-order valence-electron chi connectivity index (χ3n) is 5.42. The van der Waals surface area contributed by atoms with Crippen LogP contribution in [0.5, 0.6) is 0 Å². The van der Waals surface area contributed by atoms with Gasteiger partial charge in [0, 0.05) is 33.6 Å². The van der Waals surface area contributed by atoms with Gasteiger partial charge < -0.3 is 42.0 Å². The number of nitrogens with one attached hydrogen (secondary N) is 6. The Labute approximate surface area is 250 Å². The van der Waals surface area contributed by atoms with Gasteiger partial charge in [0.15, 0.2) is 11.9 Å². The number of carbonyl (C=O) groups excluding carboxylic acids is 2. The van der Waals surface area contributed by atoms with Crippen molar-refractivity contribution in [3.63, 3.8) is 0 Å². The van der Waals surface area contributed by atoms with Gasteiger partial charge in [-0.25, -0.2) is 9.97 Å². The standard InChI is InChI=1S/C22H22Br4N10O2/c23-10-6-14(25)34-17(10)19(37)29-4-1-2-12-16(36-22(28)32-12)9(13-8-31-21(27)33-13)3-5-30-20(38)18-11(24)7-15(26)35-18/h1-2,6-9,34-35H,3-5H2,(H,29,37)(H,30,38)(H3,27,31,33)(H3,28,32,36)/b2-1+/t9-/m1/s1. The minimum atomic E-state index is -0.287. The highest BCUT2D eigenvalue weighted by molar-refractivity contribution is 9.11. The first-order chi connectivity index (χ1) is 18.1. The van der Waals surface area contributed by atoms with Crippen LogP contribution in [-0.2, 0) is 0 Å². The maximum absolute atomic E-state index is 12.6. The van der Waals surface area contributed by atoms with Crippen LogP contribution >= 0.6 is 63.7 Å². The molecule has 0 aromatic carbocycles. The summed E-state index contributed by atoms with van der Waals surface area (Å²) in [6.45, 7) is 0.594. The Morgan fingerprint density at radius 3 is 2.11 bits per heavy atom. The van der Waals surface area contributed by atoms with Crippen molar-refractivity contribution in [1.29, 1.82) is 0 Å². The third kappa shape index (κ3) is 6.78. The largest absolute Gasteiger partial charge is 0.369 e. The predicted molar refractivity (Wildman–Crippen MR) is 159 cm³/mol. The molecule has 10 N–H and O–H groups in total. The number of imidazole rings is 2. The lowest BCUT2D eigenvalue weighted by Crippen LogP contribution is -2.26. The van der Waals surface area contributed by atoms with Crippen LogP contribution < -0.4 is 22.1 Å². The van der Waals surface area contributed by atoms with E-state index in [9.17, 15) is 9.59 Å².